The number of carbonyl (C=O) groups excluding carboxylic acids is 1. The van der Waals surface area contributed by atoms with Gasteiger partial charge in [-0.15, -0.1) is 0 Å². The monoisotopic (exact) mass is 255 g/mol. The summed E-state index contributed by atoms with van der Waals surface area (Å²) in [6.45, 7) is 0. The molecular formula is C15H13NO3. The van der Waals surface area contributed by atoms with E-state index in [9.17, 15) is 9.90 Å². The first-order chi connectivity index (χ1) is 9.22. The molecule has 3 rings (SSSR count). The van der Waals surface area contributed by atoms with Gasteiger partial charge >= 0.3 is 0 Å². The molecule has 0 saturated carbocycles. The van der Waals surface area contributed by atoms with E-state index in [4.69, 9.17) is 4.74 Å². The van der Waals surface area contributed by atoms with Crippen LogP contribution in [0.25, 0.3) is 0 Å². The van der Waals surface area contributed by atoms with Crippen LogP contribution in [0.2, 0.25) is 0 Å². The molecule has 0 fully saturated rings. The number of benzene rings is 2. The average molecular weight is 255 g/mol. The van der Waals surface area contributed by atoms with Crippen molar-refractivity contribution in [3.05, 3.63) is 54.1 Å². The topological polar surface area (TPSA) is 58.6 Å². The summed E-state index contributed by atoms with van der Waals surface area (Å²) in [6.07, 6.45) is -0.0707. The number of rotatable bonds is 2. The van der Waals surface area contributed by atoms with Crippen LogP contribution >= 0.6 is 0 Å². The second kappa shape index (κ2) is 4.65. The molecule has 0 radical (unpaired) electrons. The van der Waals surface area contributed by atoms with Gasteiger partial charge in [-0.05, 0) is 17.7 Å². The molecule has 1 amide bonds. The second-order valence-electron chi connectivity index (χ2n) is 4.47. The third-order valence-corrected chi connectivity index (χ3v) is 3.05. The Labute approximate surface area is 110 Å². The molecule has 2 aromatic rings. The normalized spacial score (nSPS) is 17.3. The first kappa shape index (κ1) is 11.6. The largest absolute Gasteiger partial charge is 0.508 e. The number of anilines is 1. The average Bonchev–Trinajstić information content (AvgIpc) is 2.41. The van der Waals surface area contributed by atoms with E-state index in [0.717, 1.165) is 5.56 Å². The van der Waals surface area contributed by atoms with Gasteiger partial charge in [-0.2, -0.15) is 0 Å². The lowest BCUT2D eigenvalue weighted by atomic mass is 10.1. The molecule has 1 atom stereocenters. The molecule has 1 aliphatic heterocycles. The van der Waals surface area contributed by atoms with Crippen LogP contribution in [-0.4, -0.2) is 17.1 Å². The van der Waals surface area contributed by atoms with E-state index in [1.54, 1.807) is 6.07 Å². The van der Waals surface area contributed by atoms with Gasteiger partial charge in [0, 0.05) is 12.5 Å². The fraction of sp³-hybridized carbons (Fsp3) is 0.133. The smallest absolute Gasteiger partial charge is 0.265 e. The van der Waals surface area contributed by atoms with Gasteiger partial charge < -0.3 is 15.2 Å². The summed E-state index contributed by atoms with van der Waals surface area (Å²) in [7, 11) is 0. The number of carbonyl (C=O) groups is 1. The highest BCUT2D eigenvalue weighted by Gasteiger charge is 2.27. The molecule has 96 valence electrons. The Morgan fingerprint density at radius 1 is 1.16 bits per heavy atom. The van der Waals surface area contributed by atoms with Crippen LogP contribution < -0.4 is 10.1 Å². The van der Waals surface area contributed by atoms with Crippen molar-refractivity contribution in [1.29, 1.82) is 0 Å². The van der Waals surface area contributed by atoms with Gasteiger partial charge in [0.1, 0.15) is 11.5 Å². The van der Waals surface area contributed by atoms with Crippen molar-refractivity contribution < 1.29 is 14.6 Å². The van der Waals surface area contributed by atoms with E-state index in [0.29, 0.717) is 17.9 Å². The lowest BCUT2D eigenvalue weighted by Crippen LogP contribution is -2.38. The predicted molar refractivity (Wildman–Crippen MR) is 71.3 cm³/mol. The number of phenolic OH excluding ortho intramolecular Hbond substituents is 1. The molecule has 19 heavy (non-hydrogen) atoms. The third kappa shape index (κ3) is 2.38. The maximum atomic E-state index is 11.9. The Bertz CT molecular complexity index is 610. The van der Waals surface area contributed by atoms with Crippen molar-refractivity contribution in [1.82, 2.24) is 0 Å². The van der Waals surface area contributed by atoms with Gasteiger partial charge in [-0.3, -0.25) is 4.79 Å². The van der Waals surface area contributed by atoms with Gasteiger partial charge in [0.25, 0.3) is 5.91 Å². The molecule has 1 aliphatic rings. The van der Waals surface area contributed by atoms with Crippen LogP contribution in [-0.2, 0) is 11.2 Å². The molecule has 2 N–H and O–H groups in total. The minimum atomic E-state index is -0.573. The number of phenols is 1. The Kier molecular flexibility index (Phi) is 2.83. The van der Waals surface area contributed by atoms with Crippen molar-refractivity contribution in [2.24, 2.45) is 0 Å². The summed E-state index contributed by atoms with van der Waals surface area (Å²) in [4.78, 5) is 11.9. The van der Waals surface area contributed by atoms with Gasteiger partial charge in [0.15, 0.2) is 6.10 Å². The zero-order chi connectivity index (χ0) is 13.2. The number of hydrogen-bond acceptors (Lipinski definition) is 3. The summed E-state index contributed by atoms with van der Waals surface area (Å²) >= 11 is 0. The van der Waals surface area contributed by atoms with Gasteiger partial charge in [0.05, 0.1) is 5.69 Å². The van der Waals surface area contributed by atoms with Crippen LogP contribution in [0.3, 0.4) is 0 Å². The fourth-order valence-electron chi connectivity index (χ4n) is 2.09. The lowest BCUT2D eigenvalue weighted by Gasteiger charge is -2.26. The Morgan fingerprint density at radius 3 is 2.74 bits per heavy atom. The zero-order valence-electron chi connectivity index (χ0n) is 10.2. The predicted octanol–water partition coefficient (Wildman–Crippen LogP) is 2.33. The number of ether oxygens (including phenoxy) is 1. The van der Waals surface area contributed by atoms with E-state index in [1.165, 1.54) is 12.1 Å². The van der Waals surface area contributed by atoms with Crippen molar-refractivity contribution in [2.45, 2.75) is 12.5 Å². The van der Waals surface area contributed by atoms with E-state index in [1.807, 2.05) is 30.3 Å². The van der Waals surface area contributed by atoms with Crippen LogP contribution in [0.15, 0.2) is 48.5 Å². The minimum Gasteiger partial charge on any atom is -0.508 e. The summed E-state index contributed by atoms with van der Waals surface area (Å²) in [5.41, 5.74) is 1.62. The second-order valence-corrected chi connectivity index (χ2v) is 4.47. The third-order valence-electron chi connectivity index (χ3n) is 3.05. The molecule has 0 bridgehead atoms. The summed E-state index contributed by atoms with van der Waals surface area (Å²) in [5.74, 6) is 0.455. The molecule has 0 saturated heterocycles. The molecule has 4 nitrogen and oxygen atoms in total. The molecule has 4 heteroatoms. The van der Waals surface area contributed by atoms with Gasteiger partial charge in [-0.25, -0.2) is 0 Å². The van der Waals surface area contributed by atoms with E-state index < -0.39 is 6.10 Å². The molecule has 0 aromatic heterocycles. The lowest BCUT2D eigenvalue weighted by molar-refractivity contribution is -0.123. The quantitative estimate of drug-likeness (QED) is 0.810. The molecule has 1 unspecified atom stereocenters. The molecule has 2 aromatic carbocycles. The maximum absolute atomic E-state index is 11.9. The maximum Gasteiger partial charge on any atom is 0.265 e. The summed E-state index contributed by atoms with van der Waals surface area (Å²) in [6, 6.07) is 14.3. The Hall–Kier alpha value is -2.49. The van der Waals surface area contributed by atoms with E-state index in [2.05, 4.69) is 5.32 Å². The van der Waals surface area contributed by atoms with Crippen molar-refractivity contribution in [3.63, 3.8) is 0 Å². The Morgan fingerprint density at radius 2 is 1.95 bits per heavy atom. The number of fused-ring (bicyclic) bond motifs is 1. The van der Waals surface area contributed by atoms with E-state index in [-0.39, 0.29) is 11.7 Å². The highest BCUT2D eigenvalue weighted by molar-refractivity contribution is 5.98. The number of hydrogen-bond donors (Lipinski definition) is 2. The molecule has 0 spiro atoms. The van der Waals surface area contributed by atoms with Gasteiger partial charge in [-0.1, -0.05) is 30.3 Å². The molecule has 1 heterocycles. The number of amides is 1. The van der Waals surface area contributed by atoms with Crippen molar-refractivity contribution in [3.8, 4) is 11.5 Å². The van der Waals surface area contributed by atoms with Crippen molar-refractivity contribution in [2.75, 3.05) is 5.32 Å². The first-order valence-electron chi connectivity index (χ1n) is 6.07. The summed E-state index contributed by atoms with van der Waals surface area (Å²) < 4.78 is 5.66. The highest BCUT2D eigenvalue weighted by atomic mass is 16.5. The standard InChI is InChI=1S/C15H13NO3/c17-11-6-7-12-13(9-11)19-14(15(18)16-12)8-10-4-2-1-3-5-10/h1-7,9,14,17H,8H2,(H,16,18). The number of nitrogens with one attached hydrogen (secondary N) is 1. The Balaban J connectivity index is 1.83. The zero-order valence-corrected chi connectivity index (χ0v) is 10.2. The summed E-state index contributed by atoms with van der Waals surface area (Å²) in [5, 5.41) is 12.2. The fourth-order valence-corrected chi connectivity index (χ4v) is 2.09. The van der Waals surface area contributed by atoms with Crippen LogP contribution in [0.1, 0.15) is 5.56 Å². The van der Waals surface area contributed by atoms with Crippen LogP contribution in [0.4, 0.5) is 5.69 Å². The van der Waals surface area contributed by atoms with E-state index >= 15 is 0 Å². The molecular weight excluding hydrogens is 242 g/mol. The van der Waals surface area contributed by atoms with Gasteiger partial charge in [0.2, 0.25) is 0 Å². The van der Waals surface area contributed by atoms with Crippen LogP contribution in [0, 0.1) is 0 Å². The minimum absolute atomic E-state index is 0.119. The van der Waals surface area contributed by atoms with Crippen LogP contribution in [0.5, 0.6) is 11.5 Å². The number of aromatic hydroxyl groups is 1. The molecule has 0 aliphatic carbocycles. The van der Waals surface area contributed by atoms with Crippen molar-refractivity contribution >= 4 is 11.6 Å². The highest BCUT2D eigenvalue weighted by Crippen LogP contribution is 2.33. The first-order valence-corrected chi connectivity index (χ1v) is 6.07. The SMILES string of the molecule is O=C1Nc2ccc(O)cc2OC1Cc1ccccc1.